The summed E-state index contributed by atoms with van der Waals surface area (Å²) >= 11 is 0. The van der Waals surface area contributed by atoms with Crippen LogP contribution in [-0.2, 0) is 11.2 Å². The second-order valence-corrected chi connectivity index (χ2v) is 9.85. The van der Waals surface area contributed by atoms with Gasteiger partial charge in [-0.25, -0.2) is 4.79 Å². The number of amides is 1. The Kier molecular flexibility index (Phi) is 11.0. The van der Waals surface area contributed by atoms with Crippen molar-refractivity contribution < 1.29 is 23.7 Å². The number of morpholine rings is 1. The van der Waals surface area contributed by atoms with Gasteiger partial charge in [-0.3, -0.25) is 4.90 Å². The summed E-state index contributed by atoms with van der Waals surface area (Å²) in [5.41, 5.74) is 5.71. The van der Waals surface area contributed by atoms with Gasteiger partial charge in [-0.05, 0) is 78.4 Å². The first-order chi connectivity index (χ1) is 19.6. The minimum Gasteiger partial charge on any atom is -0.497 e. The predicted molar refractivity (Wildman–Crippen MR) is 158 cm³/mol. The number of rotatable bonds is 12. The highest BCUT2D eigenvalue weighted by atomic mass is 16.6. The molecule has 7 nitrogen and oxygen atoms in total. The zero-order valence-electron chi connectivity index (χ0n) is 23.8. The van der Waals surface area contributed by atoms with Gasteiger partial charge in [-0.1, -0.05) is 48.9 Å². The van der Waals surface area contributed by atoms with Crippen molar-refractivity contribution in [1.82, 2.24) is 10.2 Å². The van der Waals surface area contributed by atoms with Crippen LogP contribution in [0.4, 0.5) is 4.79 Å². The van der Waals surface area contributed by atoms with Crippen molar-refractivity contribution >= 4 is 11.7 Å². The second-order valence-electron chi connectivity index (χ2n) is 9.85. The Morgan fingerprint density at radius 1 is 0.875 bits per heavy atom. The molecule has 0 unspecified atom stereocenters. The van der Waals surface area contributed by atoms with Crippen LogP contribution >= 0.6 is 0 Å². The highest BCUT2D eigenvalue weighted by Gasteiger charge is 2.13. The van der Waals surface area contributed by atoms with Crippen molar-refractivity contribution in [2.24, 2.45) is 0 Å². The fourth-order valence-electron chi connectivity index (χ4n) is 4.69. The van der Waals surface area contributed by atoms with Crippen LogP contribution in [0.25, 0.3) is 5.57 Å². The zero-order valence-corrected chi connectivity index (χ0v) is 23.8. The minimum atomic E-state index is -0.440. The van der Waals surface area contributed by atoms with Gasteiger partial charge >= 0.3 is 6.09 Å². The lowest BCUT2D eigenvalue weighted by Gasteiger charge is -2.26. The van der Waals surface area contributed by atoms with Crippen LogP contribution in [0.15, 0.2) is 78.4 Å². The third kappa shape index (κ3) is 8.60. The third-order valence-electron chi connectivity index (χ3n) is 6.85. The van der Waals surface area contributed by atoms with Crippen LogP contribution in [0.2, 0.25) is 0 Å². The maximum atomic E-state index is 12.0. The number of carbonyl (C=O) groups excluding carboxylic acids is 1. The maximum absolute atomic E-state index is 12.0. The van der Waals surface area contributed by atoms with E-state index in [0.717, 1.165) is 73.9 Å². The van der Waals surface area contributed by atoms with E-state index in [9.17, 15) is 4.79 Å². The van der Waals surface area contributed by atoms with Gasteiger partial charge in [0.15, 0.2) is 0 Å². The smallest absolute Gasteiger partial charge is 0.412 e. The molecule has 1 fully saturated rings. The summed E-state index contributed by atoms with van der Waals surface area (Å²) in [6, 6.07) is 24.1. The Morgan fingerprint density at radius 3 is 2.08 bits per heavy atom. The first-order valence-corrected chi connectivity index (χ1v) is 14.0. The molecule has 212 valence electrons. The fraction of sp³-hybridized carbons (Fsp3) is 0.364. The summed E-state index contributed by atoms with van der Waals surface area (Å²) in [5.74, 6) is 2.20. The van der Waals surface area contributed by atoms with E-state index in [-0.39, 0.29) is 0 Å². The highest BCUT2D eigenvalue weighted by Crippen LogP contribution is 2.31. The molecule has 0 bridgehead atoms. The lowest BCUT2D eigenvalue weighted by molar-refractivity contribution is 0.0322. The van der Waals surface area contributed by atoms with Crippen LogP contribution in [0.3, 0.4) is 0 Å². The van der Waals surface area contributed by atoms with Gasteiger partial charge < -0.3 is 24.3 Å². The van der Waals surface area contributed by atoms with Gasteiger partial charge in [-0.2, -0.15) is 0 Å². The van der Waals surface area contributed by atoms with Gasteiger partial charge in [0.25, 0.3) is 0 Å². The van der Waals surface area contributed by atoms with E-state index in [2.05, 4.69) is 41.4 Å². The predicted octanol–water partition coefficient (Wildman–Crippen LogP) is 5.97. The van der Waals surface area contributed by atoms with Gasteiger partial charge in [0.2, 0.25) is 0 Å². The van der Waals surface area contributed by atoms with Crippen molar-refractivity contribution in [2.45, 2.75) is 26.7 Å². The number of ether oxygens (including phenoxy) is 4. The van der Waals surface area contributed by atoms with Crippen molar-refractivity contribution in [1.29, 1.82) is 0 Å². The molecule has 1 aliphatic rings. The van der Waals surface area contributed by atoms with Gasteiger partial charge in [0, 0.05) is 26.2 Å². The molecular formula is C33H40N2O5. The summed E-state index contributed by atoms with van der Waals surface area (Å²) in [6.07, 6.45) is 1.20. The lowest BCUT2D eigenvalue weighted by atomic mass is 9.90. The van der Waals surface area contributed by atoms with E-state index in [0.29, 0.717) is 18.9 Å². The number of methoxy groups -OCH3 is 1. The molecular weight excluding hydrogens is 504 g/mol. The van der Waals surface area contributed by atoms with E-state index in [1.807, 2.05) is 55.5 Å². The molecule has 3 aromatic carbocycles. The number of nitrogens with zero attached hydrogens (tertiary/aromatic N) is 1. The molecule has 4 rings (SSSR count). The topological polar surface area (TPSA) is 69.3 Å². The molecule has 1 heterocycles. The molecule has 0 aliphatic carbocycles. The number of nitrogens with one attached hydrogen (secondary N) is 1. The Hall–Kier alpha value is -3.81. The molecule has 0 spiro atoms. The van der Waals surface area contributed by atoms with Gasteiger partial charge in [-0.15, -0.1) is 0 Å². The quantitative estimate of drug-likeness (QED) is 0.303. The van der Waals surface area contributed by atoms with Crippen molar-refractivity contribution in [3.63, 3.8) is 0 Å². The van der Waals surface area contributed by atoms with Crippen LogP contribution in [0.5, 0.6) is 17.2 Å². The number of hydrogen-bond donors (Lipinski definition) is 1. The average molecular weight is 545 g/mol. The van der Waals surface area contributed by atoms with E-state index in [4.69, 9.17) is 18.9 Å². The highest BCUT2D eigenvalue weighted by molar-refractivity contribution is 5.82. The summed E-state index contributed by atoms with van der Waals surface area (Å²) in [5, 5.41) is 2.74. The maximum Gasteiger partial charge on any atom is 0.412 e. The first-order valence-electron chi connectivity index (χ1n) is 14.0. The molecule has 0 aromatic heterocycles. The van der Waals surface area contributed by atoms with Crippen molar-refractivity contribution in [3.05, 3.63) is 95.1 Å². The Labute approximate surface area is 237 Å². The zero-order chi connectivity index (χ0) is 28.2. The molecule has 0 saturated carbocycles. The normalized spacial score (nSPS) is 14.3. The monoisotopic (exact) mass is 544 g/mol. The summed E-state index contributed by atoms with van der Waals surface area (Å²) in [4.78, 5) is 14.4. The molecule has 0 radical (unpaired) electrons. The van der Waals surface area contributed by atoms with Gasteiger partial charge in [0.05, 0.1) is 20.3 Å². The van der Waals surface area contributed by atoms with Crippen molar-refractivity contribution in [2.75, 3.05) is 53.1 Å². The molecule has 1 saturated heterocycles. The van der Waals surface area contributed by atoms with Crippen molar-refractivity contribution in [3.8, 4) is 17.2 Å². The van der Waals surface area contributed by atoms with E-state index in [1.54, 1.807) is 7.11 Å². The largest absolute Gasteiger partial charge is 0.497 e. The number of benzene rings is 3. The minimum absolute atomic E-state index is 0.440. The van der Waals surface area contributed by atoms with Crippen LogP contribution < -0.4 is 19.5 Å². The Balaban J connectivity index is 1.52. The lowest BCUT2D eigenvalue weighted by Crippen LogP contribution is -2.38. The SMILES string of the molecule is CCCNC(=O)Oc1ccc(/C(=C(/C)Cc2ccc(OC)cc2)c2ccc(OCCN3CCOCC3)cc2)cc1. The summed E-state index contributed by atoms with van der Waals surface area (Å²) in [6.45, 7) is 9.78. The molecule has 3 aromatic rings. The number of allylic oxidation sites excluding steroid dienone is 1. The van der Waals surface area contributed by atoms with E-state index < -0.39 is 6.09 Å². The Morgan fingerprint density at radius 2 is 1.48 bits per heavy atom. The summed E-state index contributed by atoms with van der Waals surface area (Å²) < 4.78 is 22.2. The standard InChI is InChI=1S/C33H40N2O5/c1-4-17-34-33(36)40-31-15-9-28(10-16-31)32(25(2)24-26-5-11-29(37-3)12-6-26)27-7-13-30(14-8-27)39-23-20-35-18-21-38-22-19-35/h5-16H,4,17-24H2,1-3H3,(H,34,36)/b32-25-. The molecule has 1 N–H and O–H groups in total. The fourth-order valence-corrected chi connectivity index (χ4v) is 4.69. The molecule has 1 amide bonds. The number of carbonyl (C=O) groups is 1. The van der Waals surface area contributed by atoms with Crippen LogP contribution in [0, 0.1) is 0 Å². The third-order valence-corrected chi connectivity index (χ3v) is 6.85. The van der Waals surface area contributed by atoms with E-state index >= 15 is 0 Å². The second kappa shape index (κ2) is 15.1. The van der Waals surface area contributed by atoms with Crippen LogP contribution in [0.1, 0.15) is 37.0 Å². The Bertz CT molecular complexity index is 1230. The number of hydrogen-bond acceptors (Lipinski definition) is 6. The van der Waals surface area contributed by atoms with Gasteiger partial charge in [0.1, 0.15) is 23.9 Å². The molecule has 1 aliphatic heterocycles. The average Bonchev–Trinajstić information content (AvgIpc) is 2.99. The molecule has 0 atom stereocenters. The summed E-state index contributed by atoms with van der Waals surface area (Å²) in [7, 11) is 1.68. The van der Waals surface area contributed by atoms with Crippen LogP contribution in [-0.4, -0.2) is 64.1 Å². The first kappa shape index (κ1) is 29.2. The molecule has 40 heavy (non-hydrogen) atoms. The van der Waals surface area contributed by atoms with E-state index in [1.165, 1.54) is 11.1 Å². The molecule has 7 heteroatoms.